The fourth-order valence-corrected chi connectivity index (χ4v) is 4.42. The number of phenols is 1. The summed E-state index contributed by atoms with van der Waals surface area (Å²) in [7, 11) is 0. The van der Waals surface area contributed by atoms with Gasteiger partial charge in [0.2, 0.25) is 5.88 Å². The van der Waals surface area contributed by atoms with Gasteiger partial charge in [0, 0.05) is 49.4 Å². The van der Waals surface area contributed by atoms with Gasteiger partial charge in [-0.15, -0.1) is 6.07 Å². The average Bonchev–Trinajstić information content (AvgIpc) is 3.15. The number of aryl methyl sites for hydroxylation is 1. The van der Waals surface area contributed by atoms with Crippen molar-refractivity contribution in [3.8, 4) is 17.4 Å². The summed E-state index contributed by atoms with van der Waals surface area (Å²) < 4.78 is 12.1. The zero-order valence-electron chi connectivity index (χ0n) is 17.7. The number of fused-ring (bicyclic) bond motifs is 2. The number of benzene rings is 1. The molecule has 3 heterocycles. The van der Waals surface area contributed by atoms with E-state index in [0.717, 1.165) is 30.2 Å². The molecule has 1 saturated carbocycles. The van der Waals surface area contributed by atoms with Gasteiger partial charge in [0.15, 0.2) is 0 Å². The van der Waals surface area contributed by atoms with E-state index in [2.05, 4.69) is 29.9 Å². The third kappa shape index (κ3) is 4.18. The molecule has 0 amide bonds. The molecule has 164 valence electrons. The number of pyridine rings is 2. The Morgan fingerprint density at radius 2 is 2.06 bits per heavy atom. The first-order valence-electron chi connectivity index (χ1n) is 10.3. The van der Waals surface area contributed by atoms with E-state index in [0.29, 0.717) is 28.7 Å². The minimum absolute atomic E-state index is 0. The molecule has 1 N–H and O–H groups in total. The van der Waals surface area contributed by atoms with E-state index < -0.39 is 0 Å². The molecule has 5 rings (SSSR count). The minimum Gasteiger partial charge on any atom is -0.527 e. The van der Waals surface area contributed by atoms with Crippen LogP contribution in [0.4, 0.5) is 0 Å². The first kappa shape index (κ1) is 21.8. The van der Waals surface area contributed by atoms with Crippen molar-refractivity contribution in [1.29, 1.82) is 0 Å². The van der Waals surface area contributed by atoms with Gasteiger partial charge in [-0.25, -0.2) is 4.98 Å². The molecule has 31 heavy (non-hydrogen) atoms. The average molecular weight is 598 g/mol. The monoisotopic (exact) mass is 597 g/mol. The Labute approximate surface area is 196 Å². The van der Waals surface area contributed by atoms with Crippen LogP contribution in [0.25, 0.3) is 10.9 Å². The van der Waals surface area contributed by atoms with Crippen LogP contribution in [0.5, 0.6) is 17.4 Å². The van der Waals surface area contributed by atoms with Crippen LogP contribution in [0.2, 0.25) is 0 Å². The molecule has 2 aliphatic rings. The third-order valence-corrected chi connectivity index (χ3v) is 5.94. The first-order chi connectivity index (χ1) is 14.4. The predicted octanol–water partition coefficient (Wildman–Crippen LogP) is 4.96. The van der Waals surface area contributed by atoms with Gasteiger partial charge in [-0.3, -0.25) is 4.98 Å². The molecule has 0 bridgehead atoms. The fourth-order valence-electron chi connectivity index (χ4n) is 4.42. The van der Waals surface area contributed by atoms with Gasteiger partial charge in [0.05, 0.1) is 6.04 Å². The van der Waals surface area contributed by atoms with Gasteiger partial charge in [-0.05, 0) is 49.7 Å². The number of aromatic nitrogens is 2. The standard InChI is InChI=1S/C24H24N3O3.Pt/c1-14-11-15-6-7-20(27-21(15)19(28)12-14)29-16-8-10-25-18(13-16)23-26-17-5-4-9-24(2,3)22(17)30-23;/h6-8,10-12,17,22,28H,4-5,9H2,1-3H3;/q-1;/t17-,22+;/m0./s1. The van der Waals surface area contributed by atoms with Crippen molar-refractivity contribution in [3.05, 3.63) is 53.9 Å². The van der Waals surface area contributed by atoms with Gasteiger partial charge < -0.3 is 19.6 Å². The molecule has 1 fully saturated rings. The molecular weight excluding hydrogens is 573 g/mol. The Bertz CT molecular complexity index is 1160. The van der Waals surface area contributed by atoms with Crippen LogP contribution in [0.3, 0.4) is 0 Å². The smallest absolute Gasteiger partial charge is 0.217 e. The number of hydrogen-bond acceptors (Lipinski definition) is 6. The summed E-state index contributed by atoms with van der Waals surface area (Å²) in [6.07, 6.45) is 5.07. The summed E-state index contributed by atoms with van der Waals surface area (Å²) in [5.41, 5.74) is 2.11. The first-order valence-corrected chi connectivity index (χ1v) is 10.3. The number of nitrogens with zero attached hydrogens (tertiary/aromatic N) is 3. The summed E-state index contributed by atoms with van der Waals surface area (Å²) in [6.45, 7) is 6.41. The number of rotatable bonds is 3. The molecular formula is C24H24N3O3Pt-. The Balaban J connectivity index is 0.00000231. The number of aliphatic imine (C=N–C) groups is 1. The summed E-state index contributed by atoms with van der Waals surface area (Å²) in [4.78, 5) is 13.6. The Morgan fingerprint density at radius 1 is 1.23 bits per heavy atom. The van der Waals surface area contributed by atoms with Crippen molar-refractivity contribution >= 4 is 16.8 Å². The molecule has 0 saturated heterocycles. The van der Waals surface area contributed by atoms with E-state index in [1.54, 1.807) is 24.4 Å². The molecule has 0 radical (unpaired) electrons. The van der Waals surface area contributed by atoms with Crippen molar-refractivity contribution < 1.29 is 35.6 Å². The fraction of sp³-hybridized carbons (Fsp3) is 0.375. The summed E-state index contributed by atoms with van der Waals surface area (Å²) in [6, 6.07) is 12.4. The van der Waals surface area contributed by atoms with Crippen LogP contribution in [0.1, 0.15) is 44.4 Å². The third-order valence-electron chi connectivity index (χ3n) is 5.94. The van der Waals surface area contributed by atoms with Crippen LogP contribution in [-0.4, -0.2) is 33.1 Å². The van der Waals surface area contributed by atoms with E-state index in [1.165, 1.54) is 0 Å². The molecule has 2 aromatic heterocycles. The van der Waals surface area contributed by atoms with Gasteiger partial charge in [0.25, 0.3) is 0 Å². The normalized spacial score (nSPS) is 21.6. The van der Waals surface area contributed by atoms with E-state index in [1.807, 2.05) is 19.1 Å². The number of aromatic hydroxyl groups is 1. The second-order valence-corrected chi connectivity index (χ2v) is 8.81. The van der Waals surface area contributed by atoms with Crippen molar-refractivity contribution in [2.45, 2.75) is 52.2 Å². The van der Waals surface area contributed by atoms with E-state index in [-0.39, 0.29) is 44.4 Å². The summed E-state index contributed by atoms with van der Waals surface area (Å²) in [5.74, 6) is 1.51. The molecule has 1 aliphatic heterocycles. The van der Waals surface area contributed by atoms with E-state index >= 15 is 0 Å². The predicted molar refractivity (Wildman–Crippen MR) is 114 cm³/mol. The number of hydrogen-bond donors (Lipinski definition) is 1. The summed E-state index contributed by atoms with van der Waals surface area (Å²) in [5, 5.41) is 11.1. The Kier molecular flexibility index (Phi) is 5.78. The summed E-state index contributed by atoms with van der Waals surface area (Å²) >= 11 is 0. The van der Waals surface area contributed by atoms with Crippen molar-refractivity contribution in [3.63, 3.8) is 0 Å². The Morgan fingerprint density at radius 3 is 2.87 bits per heavy atom. The zero-order valence-corrected chi connectivity index (χ0v) is 19.9. The number of ether oxygens (including phenoxy) is 2. The quantitative estimate of drug-likeness (QED) is 0.433. The zero-order chi connectivity index (χ0) is 20.9. The second-order valence-electron chi connectivity index (χ2n) is 8.81. The van der Waals surface area contributed by atoms with E-state index in [4.69, 9.17) is 14.5 Å². The molecule has 0 spiro atoms. The molecule has 3 aromatic rings. The SMILES string of the molecule is Cc1cc(O)c2nc(Oc3[c-]c(C4=N[C@H]5CCCC(C)(C)[C@@H]5O4)ncc3)ccc2c1.[Pt]. The van der Waals surface area contributed by atoms with Gasteiger partial charge >= 0.3 is 0 Å². The maximum Gasteiger partial charge on any atom is 0.217 e. The molecule has 1 aliphatic carbocycles. The molecule has 0 unspecified atom stereocenters. The topological polar surface area (TPSA) is 76.8 Å². The molecule has 7 heteroatoms. The van der Waals surface area contributed by atoms with Gasteiger partial charge in [-0.2, -0.15) is 0 Å². The van der Waals surface area contributed by atoms with Gasteiger partial charge in [-0.1, -0.05) is 26.3 Å². The van der Waals surface area contributed by atoms with Crippen LogP contribution >= 0.6 is 0 Å². The minimum atomic E-state index is 0. The van der Waals surface area contributed by atoms with Crippen LogP contribution < -0.4 is 4.74 Å². The molecule has 1 aromatic carbocycles. The van der Waals surface area contributed by atoms with Crippen LogP contribution in [-0.2, 0) is 25.8 Å². The van der Waals surface area contributed by atoms with Crippen LogP contribution in [0.15, 0.2) is 41.5 Å². The molecule has 2 atom stereocenters. The Hall–Kier alpha value is -2.46. The van der Waals surface area contributed by atoms with Crippen LogP contribution in [0, 0.1) is 18.4 Å². The van der Waals surface area contributed by atoms with Gasteiger partial charge in [0.1, 0.15) is 23.3 Å². The molecule has 6 nitrogen and oxygen atoms in total. The van der Waals surface area contributed by atoms with E-state index in [9.17, 15) is 5.11 Å². The second kappa shape index (κ2) is 8.23. The maximum atomic E-state index is 10.2. The maximum absolute atomic E-state index is 10.2. The van der Waals surface area contributed by atoms with Crippen molar-refractivity contribution in [1.82, 2.24) is 9.97 Å². The largest absolute Gasteiger partial charge is 0.527 e. The number of phenolic OH excluding ortho intramolecular Hbond substituents is 1. The van der Waals surface area contributed by atoms with Crippen molar-refractivity contribution in [2.24, 2.45) is 10.4 Å². The van der Waals surface area contributed by atoms with Crippen molar-refractivity contribution in [2.75, 3.05) is 0 Å².